The summed E-state index contributed by atoms with van der Waals surface area (Å²) in [5.74, 6) is 0. The molecule has 3 heteroatoms. The first-order valence-electron chi connectivity index (χ1n) is 3.31. The molecule has 58 valence electrons. The highest BCUT2D eigenvalue weighted by Crippen LogP contribution is 2.09. The van der Waals surface area contributed by atoms with E-state index in [-0.39, 0.29) is 6.61 Å². The monoisotopic (exact) mass is 150 g/mol. The minimum Gasteiger partial charge on any atom is -0.398 e. The Morgan fingerprint density at radius 3 is 3.09 bits per heavy atom. The summed E-state index contributed by atoms with van der Waals surface area (Å²) in [7, 11) is 0. The predicted octanol–water partition coefficient (Wildman–Crippen LogP) is 0.669. The SMILES string of the molecule is Nc1ccncc1C=CCO. The van der Waals surface area contributed by atoms with E-state index in [0.29, 0.717) is 5.69 Å². The molecule has 1 heterocycles. The molecule has 0 bridgehead atoms. The van der Waals surface area contributed by atoms with Crippen molar-refractivity contribution >= 4 is 11.8 Å². The zero-order chi connectivity index (χ0) is 8.10. The molecule has 0 saturated heterocycles. The maximum atomic E-state index is 8.47. The molecule has 0 aliphatic rings. The van der Waals surface area contributed by atoms with Crippen LogP contribution in [0.3, 0.4) is 0 Å². The van der Waals surface area contributed by atoms with E-state index < -0.39 is 0 Å². The summed E-state index contributed by atoms with van der Waals surface area (Å²) in [5, 5.41) is 8.47. The van der Waals surface area contributed by atoms with Crippen LogP contribution in [0.5, 0.6) is 0 Å². The average Bonchev–Trinajstić information content (AvgIpc) is 2.03. The van der Waals surface area contributed by atoms with Gasteiger partial charge in [-0.05, 0) is 6.07 Å². The van der Waals surface area contributed by atoms with Crippen LogP contribution in [0.15, 0.2) is 24.5 Å². The minimum absolute atomic E-state index is 0.0222. The van der Waals surface area contributed by atoms with Gasteiger partial charge in [0.05, 0.1) is 6.61 Å². The van der Waals surface area contributed by atoms with Gasteiger partial charge in [-0.3, -0.25) is 4.98 Å². The van der Waals surface area contributed by atoms with E-state index in [1.165, 1.54) is 0 Å². The third kappa shape index (κ3) is 2.05. The normalized spacial score (nSPS) is 10.6. The van der Waals surface area contributed by atoms with Gasteiger partial charge in [0.25, 0.3) is 0 Å². The third-order valence-corrected chi connectivity index (χ3v) is 1.29. The highest BCUT2D eigenvalue weighted by atomic mass is 16.2. The lowest BCUT2D eigenvalue weighted by molar-refractivity contribution is 0.343. The van der Waals surface area contributed by atoms with Gasteiger partial charge in [0.2, 0.25) is 0 Å². The van der Waals surface area contributed by atoms with Gasteiger partial charge in [0.15, 0.2) is 0 Å². The molecule has 0 fully saturated rings. The number of anilines is 1. The molecule has 0 saturated carbocycles. The van der Waals surface area contributed by atoms with Crippen molar-refractivity contribution in [2.24, 2.45) is 0 Å². The second kappa shape index (κ2) is 3.73. The van der Waals surface area contributed by atoms with Gasteiger partial charge in [-0.1, -0.05) is 12.2 Å². The first kappa shape index (κ1) is 7.75. The number of hydrogen-bond acceptors (Lipinski definition) is 3. The molecule has 0 spiro atoms. The smallest absolute Gasteiger partial charge is 0.0615 e. The number of aliphatic hydroxyl groups excluding tert-OH is 1. The average molecular weight is 150 g/mol. The van der Waals surface area contributed by atoms with Crippen molar-refractivity contribution in [1.82, 2.24) is 4.98 Å². The number of aliphatic hydroxyl groups is 1. The van der Waals surface area contributed by atoms with Gasteiger partial charge in [-0.15, -0.1) is 0 Å². The standard InChI is InChI=1S/C8H10N2O/c9-8-3-4-10-6-7(8)2-1-5-11/h1-4,6,11H,5H2,(H2,9,10). The van der Waals surface area contributed by atoms with Crippen molar-refractivity contribution in [3.8, 4) is 0 Å². The summed E-state index contributed by atoms with van der Waals surface area (Å²) in [6, 6.07) is 1.72. The zero-order valence-corrected chi connectivity index (χ0v) is 6.07. The van der Waals surface area contributed by atoms with Crippen molar-refractivity contribution in [2.45, 2.75) is 0 Å². The summed E-state index contributed by atoms with van der Waals surface area (Å²) in [6.45, 7) is 0.0222. The van der Waals surface area contributed by atoms with E-state index in [9.17, 15) is 0 Å². The van der Waals surface area contributed by atoms with E-state index in [4.69, 9.17) is 10.8 Å². The Balaban J connectivity index is 2.86. The van der Waals surface area contributed by atoms with Crippen LogP contribution in [0.1, 0.15) is 5.56 Å². The Morgan fingerprint density at radius 1 is 1.64 bits per heavy atom. The number of nitrogen functional groups attached to an aromatic ring is 1. The van der Waals surface area contributed by atoms with Crippen molar-refractivity contribution in [3.05, 3.63) is 30.1 Å². The fourth-order valence-electron chi connectivity index (χ4n) is 0.736. The lowest BCUT2D eigenvalue weighted by atomic mass is 10.2. The second-order valence-corrected chi connectivity index (χ2v) is 2.09. The van der Waals surface area contributed by atoms with Crippen molar-refractivity contribution in [1.29, 1.82) is 0 Å². The number of pyridine rings is 1. The summed E-state index contributed by atoms with van der Waals surface area (Å²) in [6.07, 6.45) is 6.64. The van der Waals surface area contributed by atoms with Gasteiger partial charge in [0.1, 0.15) is 0 Å². The Kier molecular flexibility index (Phi) is 2.63. The maximum absolute atomic E-state index is 8.47. The molecule has 0 aliphatic heterocycles. The van der Waals surface area contributed by atoms with Crippen LogP contribution in [-0.4, -0.2) is 16.7 Å². The quantitative estimate of drug-likeness (QED) is 0.651. The van der Waals surface area contributed by atoms with Gasteiger partial charge < -0.3 is 10.8 Å². The van der Waals surface area contributed by atoms with E-state index in [2.05, 4.69) is 4.98 Å². The molecule has 0 atom stereocenters. The Bertz CT molecular complexity index is 258. The molecule has 3 nitrogen and oxygen atoms in total. The first-order valence-corrected chi connectivity index (χ1v) is 3.31. The topological polar surface area (TPSA) is 59.1 Å². The summed E-state index contributed by atoms with van der Waals surface area (Å²) >= 11 is 0. The van der Waals surface area contributed by atoms with Gasteiger partial charge in [0, 0.05) is 23.6 Å². The molecule has 0 unspecified atom stereocenters. The van der Waals surface area contributed by atoms with Crippen LogP contribution in [0.25, 0.3) is 6.08 Å². The lowest BCUT2D eigenvalue weighted by Gasteiger charge is -1.96. The number of nitrogens with zero attached hydrogens (tertiary/aromatic N) is 1. The van der Waals surface area contributed by atoms with Gasteiger partial charge in [-0.2, -0.15) is 0 Å². The Morgan fingerprint density at radius 2 is 2.45 bits per heavy atom. The highest BCUT2D eigenvalue weighted by Gasteiger charge is 1.90. The Labute approximate surface area is 65.2 Å². The van der Waals surface area contributed by atoms with Crippen LogP contribution in [-0.2, 0) is 0 Å². The largest absolute Gasteiger partial charge is 0.398 e. The van der Waals surface area contributed by atoms with E-state index in [1.807, 2.05) is 0 Å². The molecule has 1 aromatic heterocycles. The van der Waals surface area contributed by atoms with Crippen molar-refractivity contribution in [3.63, 3.8) is 0 Å². The van der Waals surface area contributed by atoms with Crippen molar-refractivity contribution in [2.75, 3.05) is 12.3 Å². The van der Waals surface area contributed by atoms with Crippen molar-refractivity contribution < 1.29 is 5.11 Å². The van der Waals surface area contributed by atoms with E-state index in [0.717, 1.165) is 5.56 Å². The fourth-order valence-corrected chi connectivity index (χ4v) is 0.736. The number of aromatic nitrogens is 1. The lowest BCUT2D eigenvalue weighted by Crippen LogP contribution is -1.89. The first-order chi connectivity index (χ1) is 5.34. The van der Waals surface area contributed by atoms with Crippen LogP contribution in [0.2, 0.25) is 0 Å². The number of nitrogens with two attached hydrogens (primary N) is 1. The molecule has 1 aromatic rings. The van der Waals surface area contributed by atoms with E-state index >= 15 is 0 Å². The van der Waals surface area contributed by atoms with E-state index in [1.54, 1.807) is 30.6 Å². The number of rotatable bonds is 2. The molecule has 0 amide bonds. The molecule has 0 radical (unpaired) electrons. The molecule has 11 heavy (non-hydrogen) atoms. The van der Waals surface area contributed by atoms with Crippen LogP contribution in [0.4, 0.5) is 5.69 Å². The molecular weight excluding hydrogens is 140 g/mol. The molecular formula is C8H10N2O. The van der Waals surface area contributed by atoms with Gasteiger partial charge >= 0.3 is 0 Å². The maximum Gasteiger partial charge on any atom is 0.0615 e. The van der Waals surface area contributed by atoms with Crippen LogP contribution < -0.4 is 5.73 Å². The molecule has 0 aliphatic carbocycles. The summed E-state index contributed by atoms with van der Waals surface area (Å²) < 4.78 is 0. The molecule has 1 rings (SSSR count). The molecule has 3 N–H and O–H groups in total. The van der Waals surface area contributed by atoms with Crippen LogP contribution >= 0.6 is 0 Å². The predicted molar refractivity (Wildman–Crippen MR) is 44.8 cm³/mol. The summed E-state index contributed by atoms with van der Waals surface area (Å²) in [5.41, 5.74) is 7.09. The second-order valence-electron chi connectivity index (χ2n) is 2.09. The van der Waals surface area contributed by atoms with Gasteiger partial charge in [-0.25, -0.2) is 0 Å². The Hall–Kier alpha value is -1.35. The van der Waals surface area contributed by atoms with Crippen LogP contribution in [0, 0.1) is 0 Å². The number of hydrogen-bond donors (Lipinski definition) is 2. The third-order valence-electron chi connectivity index (χ3n) is 1.29. The highest BCUT2D eigenvalue weighted by molar-refractivity contribution is 5.62. The molecule has 0 aromatic carbocycles. The zero-order valence-electron chi connectivity index (χ0n) is 6.07. The fraction of sp³-hybridized carbons (Fsp3) is 0.125. The summed E-state index contributed by atoms with van der Waals surface area (Å²) in [4.78, 5) is 3.89. The minimum atomic E-state index is 0.0222.